The number of nitrogens with zero attached hydrogens (tertiary/aromatic N) is 1. The van der Waals surface area contributed by atoms with Gasteiger partial charge in [0.15, 0.2) is 0 Å². The molecule has 0 aromatic heterocycles. The number of ether oxygens (including phenoxy) is 1. The SMILES string of the molecule is CC[C@H](/C=C/[C@@H](C)[C@H]1CC[C@H]2[C@@H]3CC=C4CC(OC(=O)CCCCCOP(=O)(O)OCC[N+](C)(C)C)CC[C@]4(C)[C@H]3CC[C@]12C)C(C)C.[OH-]. The summed E-state index contributed by atoms with van der Waals surface area (Å²) in [7, 11) is 1.95. The highest BCUT2D eigenvalue weighted by Crippen LogP contribution is 2.67. The van der Waals surface area contributed by atoms with Crippen LogP contribution in [-0.4, -0.2) is 67.8 Å². The van der Waals surface area contributed by atoms with E-state index in [9.17, 15) is 14.3 Å². The summed E-state index contributed by atoms with van der Waals surface area (Å²) in [5.74, 6) is 5.07. The summed E-state index contributed by atoms with van der Waals surface area (Å²) in [6.07, 6.45) is 20.9. The van der Waals surface area contributed by atoms with Gasteiger partial charge in [-0.1, -0.05) is 71.8 Å². The van der Waals surface area contributed by atoms with E-state index in [-0.39, 0.29) is 36.2 Å². The molecule has 2 N–H and O–H groups in total. The van der Waals surface area contributed by atoms with Gasteiger partial charge in [0.05, 0.1) is 27.7 Å². The maximum absolute atomic E-state index is 12.8. The van der Waals surface area contributed by atoms with Crippen LogP contribution >= 0.6 is 7.82 Å². The zero-order valence-corrected chi connectivity index (χ0v) is 33.4. The molecule has 0 aromatic carbocycles. The lowest BCUT2D eigenvalue weighted by atomic mass is 9.47. The van der Waals surface area contributed by atoms with E-state index in [0.717, 1.165) is 49.4 Å². The van der Waals surface area contributed by atoms with Crippen molar-refractivity contribution in [2.75, 3.05) is 40.9 Å². The number of allylic oxidation sites excluding steroid dienone is 3. The normalized spacial score (nSPS) is 33.9. The van der Waals surface area contributed by atoms with E-state index in [4.69, 9.17) is 13.8 Å². The van der Waals surface area contributed by atoms with Crippen molar-refractivity contribution in [2.24, 2.45) is 52.3 Å². The number of esters is 1. The number of unbranched alkanes of at least 4 members (excludes halogenated alkanes) is 2. The molecule has 10 atom stereocenters. The van der Waals surface area contributed by atoms with E-state index in [1.165, 1.54) is 38.5 Å². The number of fused-ring (bicyclic) bond motifs is 5. The van der Waals surface area contributed by atoms with Crippen molar-refractivity contribution in [3.63, 3.8) is 0 Å². The minimum absolute atomic E-state index is 0. The van der Waals surface area contributed by atoms with E-state index in [0.29, 0.717) is 53.5 Å². The van der Waals surface area contributed by atoms with Crippen LogP contribution in [0, 0.1) is 52.3 Å². The van der Waals surface area contributed by atoms with Gasteiger partial charge in [-0.2, -0.15) is 0 Å². The third-order valence-electron chi connectivity index (χ3n) is 13.4. The summed E-state index contributed by atoms with van der Waals surface area (Å²) >= 11 is 0. The number of phosphoric acid groups is 1. The standard InChI is InChI=1S/C40H70NO6P.H2O/c1-10-31(29(2)3)16-15-30(4)35-19-20-36-34-18-17-32-28-33(21-23-39(32,5)37(34)22-24-40(35,36)6)47-38(42)14-12-11-13-26-45-48(43,44)46-27-25-41(7,8)9;/h15-17,29-31,33-37H,10-14,18-28H2,1-9H3;1H2/b16-15+;/t30-,31-,33?,34+,35-,36+,37+,39+,40-;/m1./s1. The van der Waals surface area contributed by atoms with E-state index >= 15 is 0 Å². The van der Waals surface area contributed by atoms with Gasteiger partial charge >= 0.3 is 13.8 Å². The lowest BCUT2D eigenvalue weighted by Gasteiger charge is -2.58. The Morgan fingerprint density at radius 3 is 2.39 bits per heavy atom. The van der Waals surface area contributed by atoms with Crippen LogP contribution in [0.2, 0.25) is 0 Å². The molecular weight excluding hydrogens is 637 g/mol. The van der Waals surface area contributed by atoms with Gasteiger partial charge in [-0.3, -0.25) is 13.8 Å². The lowest BCUT2D eigenvalue weighted by molar-refractivity contribution is -0.870. The van der Waals surface area contributed by atoms with E-state index in [1.807, 2.05) is 21.1 Å². The largest absolute Gasteiger partial charge is 0.870 e. The van der Waals surface area contributed by atoms with E-state index < -0.39 is 7.82 Å². The van der Waals surface area contributed by atoms with Crippen LogP contribution in [0.5, 0.6) is 0 Å². The van der Waals surface area contributed by atoms with Gasteiger partial charge < -0.3 is 19.6 Å². The molecule has 9 heteroatoms. The lowest BCUT2D eigenvalue weighted by Crippen LogP contribution is -2.51. The highest BCUT2D eigenvalue weighted by Gasteiger charge is 2.59. The summed E-state index contributed by atoms with van der Waals surface area (Å²) in [4.78, 5) is 22.6. The topological polar surface area (TPSA) is 112 Å². The minimum atomic E-state index is -4.03. The fourth-order valence-corrected chi connectivity index (χ4v) is 11.1. The summed E-state index contributed by atoms with van der Waals surface area (Å²) in [5.41, 5.74) is 2.24. The number of carbonyl (C=O) groups is 1. The van der Waals surface area contributed by atoms with Gasteiger partial charge in [0, 0.05) is 12.8 Å². The smallest absolute Gasteiger partial charge is 0.472 e. The maximum Gasteiger partial charge on any atom is 0.472 e. The van der Waals surface area contributed by atoms with Gasteiger partial charge in [-0.05, 0) is 116 Å². The number of hydrogen-bond acceptors (Lipinski definition) is 6. The molecule has 3 saturated carbocycles. The van der Waals surface area contributed by atoms with Crippen LogP contribution in [0.3, 0.4) is 0 Å². The summed E-state index contributed by atoms with van der Waals surface area (Å²) < 4.78 is 28.9. The molecule has 4 aliphatic rings. The first kappa shape index (κ1) is 42.4. The molecule has 0 spiro atoms. The predicted octanol–water partition coefficient (Wildman–Crippen LogP) is 9.58. The van der Waals surface area contributed by atoms with Crippen LogP contribution in [-0.2, 0) is 23.1 Å². The van der Waals surface area contributed by atoms with Crippen molar-refractivity contribution in [3.05, 3.63) is 23.8 Å². The van der Waals surface area contributed by atoms with Crippen molar-refractivity contribution in [2.45, 2.75) is 131 Å². The molecule has 0 amide bonds. The van der Waals surface area contributed by atoms with Gasteiger partial charge in [0.2, 0.25) is 0 Å². The molecule has 8 nitrogen and oxygen atoms in total. The van der Waals surface area contributed by atoms with Crippen LogP contribution < -0.4 is 0 Å². The Balaban J connectivity index is 0.00000650. The van der Waals surface area contributed by atoms with Gasteiger partial charge in [-0.15, -0.1) is 0 Å². The fourth-order valence-electron chi connectivity index (χ4n) is 10.4. The van der Waals surface area contributed by atoms with Crippen molar-refractivity contribution in [3.8, 4) is 0 Å². The van der Waals surface area contributed by atoms with E-state index in [2.05, 4.69) is 59.8 Å². The molecular formula is C40H72NO7P. The molecule has 0 aliphatic heterocycles. The average molecular weight is 710 g/mol. The third kappa shape index (κ3) is 10.8. The molecule has 0 heterocycles. The quantitative estimate of drug-likeness (QED) is 0.0526. The molecule has 2 unspecified atom stereocenters. The van der Waals surface area contributed by atoms with Crippen molar-refractivity contribution in [1.29, 1.82) is 0 Å². The molecule has 0 bridgehead atoms. The fraction of sp³-hybridized carbons (Fsp3) is 0.875. The molecule has 4 rings (SSSR count). The van der Waals surface area contributed by atoms with Crippen LogP contribution in [0.15, 0.2) is 23.8 Å². The zero-order chi connectivity index (χ0) is 35.3. The zero-order valence-electron chi connectivity index (χ0n) is 32.5. The van der Waals surface area contributed by atoms with E-state index in [1.54, 1.807) is 5.57 Å². The molecule has 0 saturated heterocycles. The minimum Gasteiger partial charge on any atom is -0.870 e. The number of carbonyl (C=O) groups excluding carboxylic acids is 1. The molecule has 4 aliphatic carbocycles. The molecule has 0 aromatic rings. The Morgan fingerprint density at radius 1 is 1.00 bits per heavy atom. The maximum atomic E-state index is 12.8. The first-order valence-corrected chi connectivity index (χ1v) is 21.0. The molecule has 3 fully saturated rings. The number of quaternary nitrogens is 1. The van der Waals surface area contributed by atoms with Gasteiger partial charge in [-0.25, -0.2) is 4.57 Å². The van der Waals surface area contributed by atoms with Crippen molar-refractivity contribution >= 4 is 13.8 Å². The predicted molar refractivity (Wildman–Crippen MR) is 197 cm³/mol. The van der Waals surface area contributed by atoms with Gasteiger partial charge in [0.1, 0.15) is 19.3 Å². The summed E-state index contributed by atoms with van der Waals surface area (Å²) in [5, 5.41) is 0. The molecule has 0 radical (unpaired) electrons. The number of likely N-dealkylation sites (N-methyl/N-ethyl adjacent to an activating group) is 1. The van der Waals surface area contributed by atoms with Crippen molar-refractivity contribution in [1.82, 2.24) is 0 Å². The number of hydrogen-bond donors (Lipinski definition) is 1. The Morgan fingerprint density at radius 2 is 1.71 bits per heavy atom. The third-order valence-corrected chi connectivity index (χ3v) is 14.4. The first-order chi connectivity index (χ1) is 22.5. The monoisotopic (exact) mass is 710 g/mol. The summed E-state index contributed by atoms with van der Waals surface area (Å²) in [6, 6.07) is 0. The van der Waals surface area contributed by atoms with Crippen molar-refractivity contribution < 1.29 is 38.0 Å². The average Bonchev–Trinajstić information content (AvgIpc) is 3.35. The van der Waals surface area contributed by atoms with Crippen LogP contribution in [0.4, 0.5) is 0 Å². The number of phosphoric ester groups is 1. The van der Waals surface area contributed by atoms with Crippen LogP contribution in [0.25, 0.3) is 0 Å². The van der Waals surface area contributed by atoms with Crippen LogP contribution in [0.1, 0.15) is 125 Å². The second kappa shape index (κ2) is 17.7. The Kier molecular flexibility index (Phi) is 15.3. The van der Waals surface area contributed by atoms with Gasteiger partial charge in [0.25, 0.3) is 0 Å². The number of rotatable bonds is 17. The Labute approximate surface area is 299 Å². The second-order valence-corrected chi connectivity index (χ2v) is 19.3. The molecule has 49 heavy (non-hydrogen) atoms. The Hall–Kier alpha value is -1.02. The second-order valence-electron chi connectivity index (χ2n) is 17.9. The highest BCUT2D eigenvalue weighted by molar-refractivity contribution is 7.47. The first-order valence-electron chi connectivity index (χ1n) is 19.5. The Bertz CT molecular complexity index is 1180. The molecule has 284 valence electrons. The highest BCUT2D eigenvalue weighted by atomic mass is 31.2. The summed E-state index contributed by atoms with van der Waals surface area (Å²) in [6.45, 7) is 15.6.